The zero-order chi connectivity index (χ0) is 24.6. The fourth-order valence-electron chi connectivity index (χ4n) is 5.96. The van der Waals surface area contributed by atoms with Crippen molar-refractivity contribution >= 4 is 22.4 Å². The van der Waals surface area contributed by atoms with Crippen molar-refractivity contribution < 1.29 is 4.74 Å². The second-order valence-corrected chi connectivity index (χ2v) is 10.4. The van der Waals surface area contributed by atoms with Crippen LogP contribution < -0.4 is 15.1 Å². The molecule has 3 atom stereocenters. The Kier molecular flexibility index (Phi) is 6.22. The molecule has 0 aliphatic carbocycles. The van der Waals surface area contributed by atoms with E-state index in [-0.39, 0.29) is 12.2 Å². The third-order valence-electron chi connectivity index (χ3n) is 7.56. The van der Waals surface area contributed by atoms with Gasteiger partial charge in [-0.05, 0) is 49.2 Å². The number of benzene rings is 2. The van der Waals surface area contributed by atoms with Crippen molar-refractivity contribution in [3.05, 3.63) is 59.4 Å². The van der Waals surface area contributed by atoms with E-state index in [0.717, 1.165) is 63.6 Å². The van der Waals surface area contributed by atoms with E-state index in [1.54, 1.807) is 12.4 Å². The summed E-state index contributed by atoms with van der Waals surface area (Å²) in [7, 11) is 0. The van der Waals surface area contributed by atoms with Gasteiger partial charge in [0.2, 0.25) is 0 Å². The predicted octanol–water partition coefficient (Wildman–Crippen LogP) is 2.91. The van der Waals surface area contributed by atoms with Crippen molar-refractivity contribution in [2.75, 3.05) is 49.1 Å². The molecule has 8 heteroatoms. The molecule has 0 radical (unpaired) electrons. The van der Waals surface area contributed by atoms with E-state index < -0.39 is 0 Å². The summed E-state index contributed by atoms with van der Waals surface area (Å²) in [5, 5.41) is 13.0. The minimum absolute atomic E-state index is 0.0962. The first-order valence-electron chi connectivity index (χ1n) is 12.9. The molecule has 36 heavy (non-hydrogen) atoms. The summed E-state index contributed by atoms with van der Waals surface area (Å²) < 4.78 is 6.40. The topological polar surface area (TPSA) is 80.5 Å². The lowest BCUT2D eigenvalue weighted by Gasteiger charge is -2.39. The van der Waals surface area contributed by atoms with Gasteiger partial charge < -0.3 is 19.9 Å². The maximum Gasteiger partial charge on any atom is 0.113 e. The van der Waals surface area contributed by atoms with Crippen LogP contribution in [-0.2, 0) is 17.8 Å². The zero-order valence-electron chi connectivity index (χ0n) is 21.0. The molecular weight excluding hydrogens is 450 g/mol. The number of morpholine rings is 1. The van der Waals surface area contributed by atoms with Crippen molar-refractivity contribution in [3.63, 3.8) is 0 Å². The third-order valence-corrected chi connectivity index (χ3v) is 7.56. The number of aromatic nitrogens is 2. The Morgan fingerprint density at radius 2 is 1.83 bits per heavy atom. The molecule has 186 valence electrons. The lowest BCUT2D eigenvalue weighted by Crippen LogP contribution is -2.50. The van der Waals surface area contributed by atoms with E-state index in [1.807, 2.05) is 12.1 Å². The Balaban J connectivity index is 1.16. The van der Waals surface area contributed by atoms with Gasteiger partial charge in [-0.1, -0.05) is 6.07 Å². The van der Waals surface area contributed by atoms with Crippen molar-refractivity contribution in [1.29, 1.82) is 5.26 Å². The maximum atomic E-state index is 9.50. The van der Waals surface area contributed by atoms with Crippen molar-refractivity contribution in [2.45, 2.75) is 45.2 Å². The molecule has 8 nitrogen and oxygen atoms in total. The molecule has 0 spiro atoms. The van der Waals surface area contributed by atoms with E-state index in [4.69, 9.17) is 4.74 Å². The Labute approximate surface area is 212 Å². The summed E-state index contributed by atoms with van der Waals surface area (Å²) in [6, 6.07) is 13.6. The summed E-state index contributed by atoms with van der Waals surface area (Å²) >= 11 is 0. The number of nitriles is 1. The molecule has 6 rings (SSSR count). The highest BCUT2D eigenvalue weighted by Gasteiger charge is 2.30. The third kappa shape index (κ3) is 4.50. The first kappa shape index (κ1) is 23.2. The fraction of sp³-hybridized carbons (Fsp3) is 0.464. The highest BCUT2D eigenvalue weighted by molar-refractivity contribution is 5.92. The van der Waals surface area contributed by atoms with Crippen LogP contribution in [0.4, 0.5) is 11.4 Å². The van der Waals surface area contributed by atoms with Crippen molar-refractivity contribution in [1.82, 2.24) is 20.2 Å². The van der Waals surface area contributed by atoms with Gasteiger partial charge in [0.05, 0.1) is 23.5 Å². The summed E-state index contributed by atoms with van der Waals surface area (Å²) in [4.78, 5) is 16.4. The molecule has 2 saturated heterocycles. The van der Waals surface area contributed by atoms with Crippen LogP contribution in [0.1, 0.15) is 30.5 Å². The van der Waals surface area contributed by atoms with E-state index in [9.17, 15) is 5.26 Å². The number of fused-ring (bicyclic) bond motifs is 2. The SMILES string of the molecule is C[C@@H]1CN(c2ccc3c(c2)CN(C[C@H]2CN(c4ccc(C#N)c5nccnc45)C[C@@H](C)O2)C3)CCN1. The predicted molar refractivity (Wildman–Crippen MR) is 141 cm³/mol. The van der Waals surface area contributed by atoms with Gasteiger partial charge in [-0.25, -0.2) is 0 Å². The minimum Gasteiger partial charge on any atom is -0.370 e. The molecule has 4 heterocycles. The van der Waals surface area contributed by atoms with Gasteiger partial charge in [0.25, 0.3) is 0 Å². The first-order chi connectivity index (χ1) is 17.6. The minimum atomic E-state index is 0.0962. The van der Waals surface area contributed by atoms with Crippen LogP contribution in [0.2, 0.25) is 0 Å². The summed E-state index contributed by atoms with van der Waals surface area (Å²) in [5.74, 6) is 0. The molecule has 0 amide bonds. The van der Waals surface area contributed by atoms with Crippen molar-refractivity contribution in [3.8, 4) is 6.07 Å². The number of piperazine rings is 1. The second kappa shape index (κ2) is 9.66. The van der Waals surface area contributed by atoms with E-state index in [0.29, 0.717) is 17.1 Å². The van der Waals surface area contributed by atoms with Gasteiger partial charge in [0.1, 0.15) is 17.1 Å². The standard InChI is InChI=1S/C28H33N7O/c1-19-13-34(10-9-30-19)24-5-3-22-15-33(16-23(22)11-24)17-25-18-35(14-20(2)36-25)26-6-4-21(12-29)27-28(26)32-8-7-31-27/h3-8,11,19-20,25,30H,9-10,13-18H2,1-2H3/t19-,20-,25+/m1/s1. The van der Waals surface area contributed by atoms with Crippen LogP contribution >= 0.6 is 0 Å². The smallest absolute Gasteiger partial charge is 0.113 e. The van der Waals surface area contributed by atoms with Gasteiger partial charge in [0.15, 0.2) is 0 Å². The Bertz CT molecular complexity index is 1300. The molecule has 3 aliphatic heterocycles. The molecule has 1 aromatic heterocycles. The number of nitrogens with zero attached hydrogens (tertiary/aromatic N) is 6. The lowest BCUT2D eigenvalue weighted by atomic mass is 10.1. The highest BCUT2D eigenvalue weighted by atomic mass is 16.5. The molecule has 0 bridgehead atoms. The number of rotatable bonds is 4. The molecule has 0 saturated carbocycles. The van der Waals surface area contributed by atoms with Gasteiger partial charge in [-0.3, -0.25) is 14.9 Å². The lowest BCUT2D eigenvalue weighted by molar-refractivity contribution is -0.0329. The first-order valence-corrected chi connectivity index (χ1v) is 12.9. The average Bonchev–Trinajstić information content (AvgIpc) is 3.29. The van der Waals surface area contributed by atoms with Crippen LogP contribution in [0, 0.1) is 11.3 Å². The summed E-state index contributed by atoms with van der Waals surface area (Å²) in [6.07, 6.45) is 3.55. The van der Waals surface area contributed by atoms with Crippen LogP contribution in [0.5, 0.6) is 0 Å². The Morgan fingerprint density at radius 1 is 1.00 bits per heavy atom. The largest absolute Gasteiger partial charge is 0.370 e. The van der Waals surface area contributed by atoms with E-state index in [1.165, 1.54) is 16.8 Å². The molecule has 3 aromatic rings. The normalized spacial score (nSPS) is 24.6. The number of ether oxygens (including phenoxy) is 1. The van der Waals surface area contributed by atoms with Crippen LogP contribution in [-0.4, -0.2) is 72.4 Å². The van der Waals surface area contributed by atoms with Crippen LogP contribution in [0.3, 0.4) is 0 Å². The zero-order valence-corrected chi connectivity index (χ0v) is 21.0. The second-order valence-electron chi connectivity index (χ2n) is 10.4. The number of hydrogen-bond donors (Lipinski definition) is 1. The van der Waals surface area contributed by atoms with Gasteiger partial charge in [-0.15, -0.1) is 0 Å². The van der Waals surface area contributed by atoms with E-state index in [2.05, 4.69) is 68.1 Å². The molecule has 3 aliphatic rings. The number of hydrogen-bond acceptors (Lipinski definition) is 8. The van der Waals surface area contributed by atoms with Crippen LogP contribution in [0.15, 0.2) is 42.7 Å². The molecular formula is C28H33N7O. The summed E-state index contributed by atoms with van der Waals surface area (Å²) in [6.45, 7) is 11.9. The Morgan fingerprint density at radius 3 is 2.67 bits per heavy atom. The van der Waals surface area contributed by atoms with Crippen LogP contribution in [0.25, 0.3) is 11.0 Å². The quantitative estimate of drug-likeness (QED) is 0.607. The number of nitrogens with one attached hydrogen (secondary N) is 1. The average molecular weight is 484 g/mol. The van der Waals surface area contributed by atoms with E-state index >= 15 is 0 Å². The molecule has 2 fully saturated rings. The molecule has 2 aromatic carbocycles. The van der Waals surface area contributed by atoms with Crippen molar-refractivity contribution in [2.24, 2.45) is 0 Å². The molecule has 1 N–H and O–H groups in total. The van der Waals surface area contributed by atoms with Gasteiger partial charge >= 0.3 is 0 Å². The van der Waals surface area contributed by atoms with Gasteiger partial charge in [0, 0.05) is 76.5 Å². The fourth-order valence-corrected chi connectivity index (χ4v) is 5.96. The van der Waals surface area contributed by atoms with Gasteiger partial charge in [-0.2, -0.15) is 5.26 Å². The monoisotopic (exact) mass is 483 g/mol. The maximum absolute atomic E-state index is 9.50. The number of anilines is 2. The highest BCUT2D eigenvalue weighted by Crippen LogP contribution is 2.31. The summed E-state index contributed by atoms with van der Waals surface area (Å²) in [5.41, 5.74) is 7.24. The Hall–Kier alpha value is -3.25. The molecule has 0 unspecified atom stereocenters.